The topological polar surface area (TPSA) is 64.4 Å². The van der Waals surface area contributed by atoms with E-state index in [0.29, 0.717) is 19.5 Å². The summed E-state index contributed by atoms with van der Waals surface area (Å²) in [5.74, 6) is -0.461. The molecular weight excluding hydrogens is 235 g/mol. The predicted octanol–water partition coefficient (Wildman–Crippen LogP) is 0.948. The Bertz CT molecular complexity index is 425. The summed E-state index contributed by atoms with van der Waals surface area (Å²) in [6.07, 6.45) is 1.06. The minimum Gasteiger partial charge on any atom is -0.364 e. The summed E-state index contributed by atoms with van der Waals surface area (Å²) in [4.78, 5) is 11.8. The Morgan fingerprint density at radius 3 is 3.00 bits per heavy atom. The van der Waals surface area contributed by atoms with Gasteiger partial charge in [0, 0.05) is 13.1 Å². The van der Waals surface area contributed by atoms with Gasteiger partial charge in [0.15, 0.2) is 0 Å². The standard InChI is InChI=1S/C13H17FN2O2/c14-10-3-1-2-9(6-10)8-16-13(17)12-5-4-11(7-15)18-12/h1-3,6,11-12H,4-5,7-8,15H2,(H,16,17)/t11-,12+/m1/s1. The Morgan fingerprint density at radius 2 is 2.33 bits per heavy atom. The monoisotopic (exact) mass is 252 g/mol. The van der Waals surface area contributed by atoms with Crippen molar-refractivity contribution in [3.05, 3.63) is 35.6 Å². The van der Waals surface area contributed by atoms with Gasteiger partial charge in [0.05, 0.1) is 6.10 Å². The van der Waals surface area contributed by atoms with Crippen molar-refractivity contribution in [2.45, 2.75) is 31.6 Å². The van der Waals surface area contributed by atoms with Crippen LogP contribution in [-0.2, 0) is 16.1 Å². The zero-order valence-electron chi connectivity index (χ0n) is 10.1. The largest absolute Gasteiger partial charge is 0.364 e. The van der Waals surface area contributed by atoms with E-state index in [1.54, 1.807) is 12.1 Å². The van der Waals surface area contributed by atoms with Crippen molar-refractivity contribution < 1.29 is 13.9 Å². The minimum atomic E-state index is -0.424. The van der Waals surface area contributed by atoms with Crippen LogP contribution in [0.1, 0.15) is 18.4 Å². The fourth-order valence-corrected chi connectivity index (χ4v) is 2.02. The molecule has 1 aromatic carbocycles. The molecule has 1 aliphatic heterocycles. The second kappa shape index (κ2) is 5.93. The highest BCUT2D eigenvalue weighted by atomic mass is 19.1. The average molecular weight is 252 g/mol. The maximum Gasteiger partial charge on any atom is 0.249 e. The van der Waals surface area contributed by atoms with E-state index in [9.17, 15) is 9.18 Å². The van der Waals surface area contributed by atoms with Crippen LogP contribution in [0.2, 0.25) is 0 Å². The van der Waals surface area contributed by atoms with Crippen molar-refractivity contribution in [1.29, 1.82) is 0 Å². The summed E-state index contributed by atoms with van der Waals surface area (Å²) < 4.78 is 18.4. The molecule has 1 fully saturated rings. The number of hydrogen-bond acceptors (Lipinski definition) is 3. The van der Waals surface area contributed by atoms with Gasteiger partial charge in [-0.3, -0.25) is 4.79 Å². The number of ether oxygens (including phenoxy) is 1. The third-order valence-corrected chi connectivity index (χ3v) is 3.02. The van der Waals surface area contributed by atoms with E-state index in [0.717, 1.165) is 12.0 Å². The summed E-state index contributed by atoms with van der Waals surface area (Å²) in [5.41, 5.74) is 6.21. The van der Waals surface area contributed by atoms with E-state index in [-0.39, 0.29) is 17.8 Å². The number of nitrogens with one attached hydrogen (secondary N) is 1. The van der Waals surface area contributed by atoms with Gasteiger partial charge in [0.2, 0.25) is 5.91 Å². The van der Waals surface area contributed by atoms with E-state index >= 15 is 0 Å². The van der Waals surface area contributed by atoms with Gasteiger partial charge in [-0.25, -0.2) is 4.39 Å². The number of hydrogen-bond donors (Lipinski definition) is 2. The molecule has 2 rings (SSSR count). The molecule has 0 aliphatic carbocycles. The number of benzene rings is 1. The molecule has 0 radical (unpaired) electrons. The molecule has 1 saturated heterocycles. The zero-order chi connectivity index (χ0) is 13.0. The van der Waals surface area contributed by atoms with Crippen molar-refractivity contribution >= 4 is 5.91 Å². The predicted molar refractivity (Wildman–Crippen MR) is 65.2 cm³/mol. The molecule has 1 heterocycles. The van der Waals surface area contributed by atoms with Crippen LogP contribution in [0.5, 0.6) is 0 Å². The van der Waals surface area contributed by atoms with Gasteiger partial charge in [-0.2, -0.15) is 0 Å². The van der Waals surface area contributed by atoms with Gasteiger partial charge in [0.25, 0.3) is 0 Å². The van der Waals surface area contributed by atoms with E-state index in [1.807, 2.05) is 0 Å². The van der Waals surface area contributed by atoms with Crippen molar-refractivity contribution in [3.63, 3.8) is 0 Å². The van der Waals surface area contributed by atoms with Crippen LogP contribution < -0.4 is 11.1 Å². The van der Waals surface area contributed by atoms with Crippen molar-refractivity contribution in [2.24, 2.45) is 5.73 Å². The Labute approximate surface area is 105 Å². The van der Waals surface area contributed by atoms with Crippen molar-refractivity contribution in [2.75, 3.05) is 6.54 Å². The summed E-state index contributed by atoms with van der Waals surface area (Å²) in [6.45, 7) is 0.747. The first-order chi connectivity index (χ1) is 8.69. The zero-order valence-corrected chi connectivity index (χ0v) is 10.1. The molecule has 1 aromatic rings. The highest BCUT2D eigenvalue weighted by Crippen LogP contribution is 2.18. The lowest BCUT2D eigenvalue weighted by Crippen LogP contribution is -2.35. The molecule has 5 heteroatoms. The highest BCUT2D eigenvalue weighted by Gasteiger charge is 2.29. The summed E-state index contributed by atoms with van der Waals surface area (Å²) in [6, 6.07) is 6.16. The van der Waals surface area contributed by atoms with Crippen LogP contribution in [0.25, 0.3) is 0 Å². The second-order valence-electron chi connectivity index (χ2n) is 4.41. The lowest BCUT2D eigenvalue weighted by molar-refractivity contribution is -0.132. The maximum atomic E-state index is 12.9. The van der Waals surface area contributed by atoms with Crippen LogP contribution in [0.4, 0.5) is 4.39 Å². The smallest absolute Gasteiger partial charge is 0.249 e. The quantitative estimate of drug-likeness (QED) is 0.838. The Balaban J connectivity index is 1.82. The fourth-order valence-electron chi connectivity index (χ4n) is 2.02. The number of amides is 1. The second-order valence-corrected chi connectivity index (χ2v) is 4.41. The molecule has 1 amide bonds. The summed E-state index contributed by atoms with van der Waals surface area (Å²) >= 11 is 0. The van der Waals surface area contributed by atoms with Crippen LogP contribution in [0, 0.1) is 5.82 Å². The number of rotatable bonds is 4. The van der Waals surface area contributed by atoms with Gasteiger partial charge in [-0.15, -0.1) is 0 Å². The average Bonchev–Trinajstić information content (AvgIpc) is 2.85. The SMILES string of the molecule is NC[C@H]1CC[C@@H](C(=O)NCc2cccc(F)c2)O1. The van der Waals surface area contributed by atoms with Gasteiger partial charge >= 0.3 is 0 Å². The minimum absolute atomic E-state index is 0.0186. The van der Waals surface area contributed by atoms with Gasteiger partial charge in [-0.1, -0.05) is 12.1 Å². The number of halogens is 1. The molecule has 4 nitrogen and oxygen atoms in total. The number of nitrogens with two attached hydrogens (primary N) is 1. The molecule has 0 spiro atoms. The molecule has 2 atom stereocenters. The Hall–Kier alpha value is -1.46. The molecular formula is C13H17FN2O2. The fraction of sp³-hybridized carbons (Fsp3) is 0.462. The lowest BCUT2D eigenvalue weighted by Gasteiger charge is -2.12. The van der Waals surface area contributed by atoms with Gasteiger partial charge in [-0.05, 0) is 30.5 Å². The first-order valence-corrected chi connectivity index (χ1v) is 6.06. The highest BCUT2D eigenvalue weighted by molar-refractivity contribution is 5.81. The molecule has 18 heavy (non-hydrogen) atoms. The van der Waals surface area contributed by atoms with Crippen LogP contribution in [-0.4, -0.2) is 24.7 Å². The molecule has 0 unspecified atom stereocenters. The van der Waals surface area contributed by atoms with E-state index in [2.05, 4.69) is 5.32 Å². The molecule has 98 valence electrons. The van der Waals surface area contributed by atoms with Gasteiger partial charge in [0.1, 0.15) is 11.9 Å². The van der Waals surface area contributed by atoms with Crippen molar-refractivity contribution in [1.82, 2.24) is 5.32 Å². The Morgan fingerprint density at radius 1 is 1.50 bits per heavy atom. The maximum absolute atomic E-state index is 12.9. The number of carbonyl (C=O) groups excluding carboxylic acids is 1. The van der Waals surface area contributed by atoms with Crippen LogP contribution >= 0.6 is 0 Å². The van der Waals surface area contributed by atoms with Crippen LogP contribution in [0.3, 0.4) is 0 Å². The molecule has 0 saturated carbocycles. The van der Waals surface area contributed by atoms with E-state index in [1.165, 1.54) is 12.1 Å². The third kappa shape index (κ3) is 3.27. The summed E-state index contributed by atoms with van der Waals surface area (Å²) in [5, 5.41) is 2.74. The third-order valence-electron chi connectivity index (χ3n) is 3.02. The normalized spacial score (nSPS) is 23.0. The molecule has 3 N–H and O–H groups in total. The van der Waals surface area contributed by atoms with Crippen LogP contribution in [0.15, 0.2) is 24.3 Å². The molecule has 0 bridgehead atoms. The first kappa shape index (κ1) is 13.0. The molecule has 0 aromatic heterocycles. The Kier molecular flexibility index (Phi) is 4.28. The van der Waals surface area contributed by atoms with E-state index in [4.69, 9.17) is 10.5 Å². The molecule has 1 aliphatic rings. The van der Waals surface area contributed by atoms with E-state index < -0.39 is 6.10 Å². The number of carbonyl (C=O) groups is 1. The summed E-state index contributed by atoms with van der Waals surface area (Å²) in [7, 11) is 0. The van der Waals surface area contributed by atoms with Gasteiger partial charge < -0.3 is 15.8 Å². The first-order valence-electron chi connectivity index (χ1n) is 6.06. The lowest BCUT2D eigenvalue weighted by atomic mass is 10.2. The van der Waals surface area contributed by atoms with Crippen molar-refractivity contribution in [3.8, 4) is 0 Å².